The summed E-state index contributed by atoms with van der Waals surface area (Å²) in [6.07, 6.45) is 5.58. The fraction of sp³-hybridized carbons (Fsp3) is 0.273. The van der Waals surface area contributed by atoms with Gasteiger partial charge in [0.1, 0.15) is 5.82 Å². The largest absolute Gasteiger partial charge is 0.478 e. The number of carboxylic acid groups (broad SMARTS) is 1. The molecule has 0 saturated heterocycles. The number of anilines is 1. The summed E-state index contributed by atoms with van der Waals surface area (Å²) in [4.78, 5) is 43.7. The highest BCUT2D eigenvalue weighted by Gasteiger charge is 2.32. The Bertz CT molecular complexity index is 1980. The third-order valence-electron chi connectivity index (χ3n) is 7.26. The predicted octanol–water partition coefficient (Wildman–Crippen LogP) is 6.26. The number of carbonyl (C=O) groups is 2. The summed E-state index contributed by atoms with van der Waals surface area (Å²) < 4.78 is 79.1. The minimum absolute atomic E-state index is 0.123. The molecule has 13 heteroatoms. The summed E-state index contributed by atoms with van der Waals surface area (Å²) in [5, 5.41) is 9.97. The third kappa shape index (κ3) is 6.15. The first-order valence-corrected chi connectivity index (χ1v) is 13.7. The Morgan fingerprint density at radius 3 is 2.17 bits per heavy atom. The molecule has 0 fully saturated rings. The van der Waals surface area contributed by atoms with Crippen LogP contribution in [-0.2, 0) is 22.8 Å². The van der Waals surface area contributed by atoms with Crippen LogP contribution in [0.2, 0.25) is 0 Å². The Morgan fingerprint density at radius 2 is 1.61 bits per heavy atom. The fourth-order valence-electron chi connectivity index (χ4n) is 4.80. The summed E-state index contributed by atoms with van der Waals surface area (Å²) in [5.74, 6) is -10.9. The summed E-state index contributed by atoms with van der Waals surface area (Å²) in [5.41, 5.74) is -3.21. The Kier molecular flexibility index (Phi) is 9.23. The number of aromatic carboxylic acids is 1. The highest BCUT2D eigenvalue weighted by Crippen LogP contribution is 2.40. The molecule has 4 aromatic rings. The van der Waals surface area contributed by atoms with Crippen LogP contribution in [0.3, 0.4) is 0 Å². The van der Waals surface area contributed by atoms with Crippen LogP contribution in [0.4, 0.5) is 27.6 Å². The second kappa shape index (κ2) is 12.6. The average molecular weight is 642 g/mol. The van der Waals surface area contributed by atoms with Crippen molar-refractivity contribution in [3.8, 4) is 23.5 Å². The molecule has 46 heavy (non-hydrogen) atoms. The van der Waals surface area contributed by atoms with Crippen molar-refractivity contribution >= 4 is 28.5 Å². The lowest BCUT2D eigenvalue weighted by molar-refractivity contribution is -0.157. The van der Waals surface area contributed by atoms with E-state index in [1.54, 1.807) is 40.7 Å². The standard InChI is InChI=1S/C33H28F5N3O5/c1-7-11-40(22-10-8-9-19(31(43)44)23(22)24-25(34)27(36)29(38)28(37)26(24)35)14-18-13-20-21(12-16(18)2)39-17(3)41(30(20)42)15-46-32(45)33(4,5)6/h1,8-10,12-13H,11,14-15H2,2-6H3,(H,43,44). The molecule has 0 aliphatic heterocycles. The maximum atomic E-state index is 15.1. The zero-order valence-corrected chi connectivity index (χ0v) is 25.4. The molecule has 0 spiro atoms. The van der Waals surface area contributed by atoms with E-state index < -0.39 is 75.4 Å². The van der Waals surface area contributed by atoms with Crippen molar-refractivity contribution in [1.82, 2.24) is 9.55 Å². The van der Waals surface area contributed by atoms with Gasteiger partial charge in [-0.05, 0) is 70.0 Å². The van der Waals surface area contributed by atoms with E-state index in [4.69, 9.17) is 11.2 Å². The normalized spacial score (nSPS) is 11.4. The number of carbonyl (C=O) groups excluding carboxylic acids is 1. The van der Waals surface area contributed by atoms with Gasteiger partial charge < -0.3 is 14.7 Å². The van der Waals surface area contributed by atoms with Gasteiger partial charge in [0.15, 0.2) is 30.0 Å². The minimum Gasteiger partial charge on any atom is -0.478 e. The zero-order chi connectivity index (χ0) is 34.2. The lowest BCUT2D eigenvalue weighted by Gasteiger charge is -2.27. The molecule has 0 amide bonds. The van der Waals surface area contributed by atoms with Gasteiger partial charge in [0.25, 0.3) is 5.56 Å². The van der Waals surface area contributed by atoms with Crippen molar-refractivity contribution in [2.24, 2.45) is 5.41 Å². The van der Waals surface area contributed by atoms with Gasteiger partial charge in [-0.2, -0.15) is 0 Å². The topological polar surface area (TPSA) is 102 Å². The van der Waals surface area contributed by atoms with Crippen molar-refractivity contribution in [1.29, 1.82) is 0 Å². The third-order valence-corrected chi connectivity index (χ3v) is 7.26. The number of esters is 1. The van der Waals surface area contributed by atoms with Crippen molar-refractivity contribution in [3.63, 3.8) is 0 Å². The Hall–Kier alpha value is -5.25. The second-order valence-electron chi connectivity index (χ2n) is 11.5. The van der Waals surface area contributed by atoms with Crippen molar-refractivity contribution < 1.29 is 41.4 Å². The van der Waals surface area contributed by atoms with Crippen LogP contribution >= 0.6 is 0 Å². The first kappa shape index (κ1) is 33.6. The molecule has 1 heterocycles. The van der Waals surface area contributed by atoms with E-state index in [1.165, 1.54) is 27.7 Å². The summed E-state index contributed by atoms with van der Waals surface area (Å²) >= 11 is 0. The number of ether oxygens (including phenoxy) is 1. The number of benzene rings is 3. The van der Waals surface area contributed by atoms with Crippen LogP contribution in [0.25, 0.3) is 22.0 Å². The molecule has 240 valence electrons. The Balaban J connectivity index is 1.89. The quantitative estimate of drug-likeness (QED) is 0.0797. The molecule has 3 aromatic carbocycles. The van der Waals surface area contributed by atoms with E-state index in [0.717, 1.165) is 6.07 Å². The predicted molar refractivity (Wildman–Crippen MR) is 160 cm³/mol. The van der Waals surface area contributed by atoms with E-state index >= 15 is 8.78 Å². The maximum absolute atomic E-state index is 15.1. The van der Waals surface area contributed by atoms with Gasteiger partial charge in [0.05, 0.1) is 34.0 Å². The fourth-order valence-corrected chi connectivity index (χ4v) is 4.80. The van der Waals surface area contributed by atoms with E-state index in [1.807, 2.05) is 0 Å². The van der Waals surface area contributed by atoms with Crippen LogP contribution in [0, 0.1) is 60.7 Å². The number of halogens is 5. The SMILES string of the molecule is C#CCN(Cc1cc2c(=O)n(COC(=O)C(C)(C)C)c(C)nc2cc1C)c1cccc(C(=O)O)c1-c1c(F)c(F)c(F)c(F)c1F. The maximum Gasteiger partial charge on any atom is 0.336 e. The number of terminal acetylenes is 1. The first-order chi connectivity index (χ1) is 21.5. The number of aryl methyl sites for hydroxylation is 2. The monoisotopic (exact) mass is 641 g/mol. The zero-order valence-electron chi connectivity index (χ0n) is 25.4. The lowest BCUT2D eigenvalue weighted by atomic mass is 9.94. The van der Waals surface area contributed by atoms with Crippen molar-refractivity contribution in [3.05, 3.63) is 92.3 Å². The summed E-state index contributed by atoms with van der Waals surface area (Å²) in [6, 6.07) is 6.52. The molecule has 0 aliphatic rings. The molecule has 0 atom stereocenters. The average Bonchev–Trinajstić information content (AvgIpc) is 2.98. The Morgan fingerprint density at radius 1 is 1.00 bits per heavy atom. The molecule has 0 aliphatic carbocycles. The number of aromatic nitrogens is 2. The molecule has 1 aromatic heterocycles. The molecular formula is C33H28F5N3O5. The molecule has 0 bridgehead atoms. The highest BCUT2D eigenvalue weighted by atomic mass is 19.2. The van der Waals surface area contributed by atoms with Gasteiger partial charge in [0.2, 0.25) is 5.82 Å². The van der Waals surface area contributed by atoms with Crippen molar-refractivity contribution in [2.45, 2.75) is 47.9 Å². The van der Waals surface area contributed by atoms with Crippen LogP contribution in [0.15, 0.2) is 35.1 Å². The van der Waals surface area contributed by atoms with Gasteiger partial charge in [0, 0.05) is 17.8 Å². The number of carboxylic acids is 1. The number of fused-ring (bicyclic) bond motifs is 1. The molecule has 0 radical (unpaired) electrons. The molecule has 0 unspecified atom stereocenters. The molecular weight excluding hydrogens is 613 g/mol. The summed E-state index contributed by atoms with van der Waals surface area (Å²) in [7, 11) is 0. The van der Waals surface area contributed by atoms with Gasteiger partial charge in [-0.3, -0.25) is 14.2 Å². The minimum atomic E-state index is -2.40. The number of hydrogen-bond acceptors (Lipinski definition) is 6. The van der Waals surface area contributed by atoms with Gasteiger partial charge in [-0.1, -0.05) is 12.0 Å². The first-order valence-electron chi connectivity index (χ1n) is 13.7. The Labute approximate surface area is 260 Å². The number of nitrogens with zero attached hydrogens (tertiary/aromatic N) is 3. The smallest absolute Gasteiger partial charge is 0.336 e. The molecule has 4 rings (SSSR count). The van der Waals surface area contributed by atoms with Crippen molar-refractivity contribution in [2.75, 3.05) is 11.4 Å². The summed E-state index contributed by atoms with van der Waals surface area (Å²) in [6.45, 7) is 7.34. The van der Waals surface area contributed by atoms with Crippen LogP contribution in [0.5, 0.6) is 0 Å². The molecule has 8 nitrogen and oxygen atoms in total. The lowest BCUT2D eigenvalue weighted by Crippen LogP contribution is -2.30. The van der Waals surface area contributed by atoms with Crippen LogP contribution in [-0.4, -0.2) is 33.1 Å². The number of hydrogen-bond donors (Lipinski definition) is 1. The van der Waals surface area contributed by atoms with E-state index in [9.17, 15) is 32.7 Å². The second-order valence-corrected chi connectivity index (χ2v) is 11.5. The van der Waals surface area contributed by atoms with E-state index in [0.29, 0.717) is 16.6 Å². The van der Waals surface area contributed by atoms with Gasteiger partial charge in [-0.25, -0.2) is 31.7 Å². The number of rotatable bonds is 8. The van der Waals surface area contributed by atoms with Crippen LogP contribution < -0.4 is 10.5 Å². The molecule has 1 N–H and O–H groups in total. The van der Waals surface area contributed by atoms with E-state index in [2.05, 4.69) is 10.9 Å². The highest BCUT2D eigenvalue weighted by molar-refractivity contribution is 6.00. The van der Waals surface area contributed by atoms with Gasteiger partial charge in [-0.15, -0.1) is 6.42 Å². The molecule has 0 saturated carbocycles. The van der Waals surface area contributed by atoms with Gasteiger partial charge >= 0.3 is 11.9 Å². The van der Waals surface area contributed by atoms with E-state index in [-0.39, 0.29) is 30.0 Å². The van der Waals surface area contributed by atoms with Crippen LogP contribution in [0.1, 0.15) is 48.1 Å².